The normalized spacial score (nSPS) is 10.4. The molecule has 2 rings (SSSR count). The monoisotopic (exact) mass is 442 g/mol. The Balaban J connectivity index is 1.85. The highest BCUT2D eigenvalue weighted by atomic mass is 79.9. The average molecular weight is 444 g/mol. The van der Waals surface area contributed by atoms with Crippen LogP contribution in [0.4, 0.5) is 5.69 Å². The van der Waals surface area contributed by atoms with E-state index < -0.39 is 0 Å². The van der Waals surface area contributed by atoms with Gasteiger partial charge in [0.15, 0.2) is 0 Å². The van der Waals surface area contributed by atoms with Crippen LogP contribution in [0.15, 0.2) is 46.9 Å². The lowest BCUT2D eigenvalue weighted by Gasteiger charge is -2.17. The van der Waals surface area contributed by atoms with Crippen molar-refractivity contribution in [3.63, 3.8) is 0 Å². The number of carbonyl (C=O) groups is 2. The number of anilines is 1. The molecule has 0 heterocycles. The molecule has 0 aromatic heterocycles. The summed E-state index contributed by atoms with van der Waals surface area (Å²) in [5.41, 5.74) is 1.52. The summed E-state index contributed by atoms with van der Waals surface area (Å²) in [7, 11) is 1.60. The molecule has 0 fully saturated rings. The fourth-order valence-corrected chi connectivity index (χ4v) is 3.10. The molecular weight excluding hydrogens is 427 g/mol. The fourth-order valence-electron chi connectivity index (χ4n) is 2.21. The third kappa shape index (κ3) is 6.03. The van der Waals surface area contributed by atoms with Gasteiger partial charge in [-0.2, -0.15) is 0 Å². The molecule has 0 aliphatic carbocycles. The molecule has 0 atom stereocenters. The van der Waals surface area contributed by atoms with Gasteiger partial charge in [0, 0.05) is 28.0 Å². The van der Waals surface area contributed by atoms with Crippen molar-refractivity contribution in [1.82, 2.24) is 4.90 Å². The lowest BCUT2D eigenvalue weighted by atomic mass is 10.1. The van der Waals surface area contributed by atoms with Gasteiger partial charge >= 0.3 is 0 Å². The van der Waals surface area contributed by atoms with Crippen molar-refractivity contribution in [1.29, 1.82) is 0 Å². The van der Waals surface area contributed by atoms with E-state index in [0.717, 1.165) is 10.0 Å². The van der Waals surface area contributed by atoms with Crippen LogP contribution >= 0.6 is 39.1 Å². The number of halogens is 3. The molecule has 0 saturated carbocycles. The van der Waals surface area contributed by atoms with Crippen molar-refractivity contribution >= 4 is 56.6 Å². The van der Waals surface area contributed by atoms with E-state index in [-0.39, 0.29) is 24.8 Å². The Kier molecular flexibility index (Phi) is 7.29. The van der Waals surface area contributed by atoms with Gasteiger partial charge in [-0.1, -0.05) is 41.4 Å². The zero-order valence-corrected chi connectivity index (χ0v) is 16.7. The van der Waals surface area contributed by atoms with Crippen LogP contribution in [0.2, 0.25) is 10.0 Å². The first-order valence-electron chi connectivity index (χ1n) is 7.59. The number of hydrogen-bond donors (Lipinski definition) is 1. The third-order valence-corrected chi connectivity index (χ3v) is 4.86. The number of nitrogens with zero attached hydrogens (tertiary/aromatic N) is 1. The largest absolute Gasteiger partial charge is 0.336 e. The first-order valence-corrected chi connectivity index (χ1v) is 9.14. The molecule has 0 unspecified atom stereocenters. The standard InChI is InChI=1S/C18H17BrCl2N2O2/c1-23(11-17(24)22-16-5-3-2-4-14(16)19)18(25)9-7-12-6-8-13(20)10-15(12)21/h2-6,8,10H,7,9,11H2,1H3,(H,22,24). The van der Waals surface area contributed by atoms with E-state index in [9.17, 15) is 9.59 Å². The summed E-state index contributed by atoms with van der Waals surface area (Å²) < 4.78 is 0.787. The van der Waals surface area contributed by atoms with E-state index in [1.165, 1.54) is 4.90 Å². The quantitative estimate of drug-likeness (QED) is 0.697. The number of carbonyl (C=O) groups excluding carboxylic acids is 2. The summed E-state index contributed by atoms with van der Waals surface area (Å²) in [5, 5.41) is 3.86. The van der Waals surface area contributed by atoms with Crippen LogP contribution < -0.4 is 5.32 Å². The molecule has 1 N–H and O–H groups in total. The Morgan fingerprint density at radius 2 is 1.88 bits per heavy atom. The van der Waals surface area contributed by atoms with Crippen LogP contribution in [0.3, 0.4) is 0 Å². The molecule has 2 aromatic carbocycles. The van der Waals surface area contributed by atoms with E-state index in [1.807, 2.05) is 18.2 Å². The van der Waals surface area contributed by atoms with Crippen LogP contribution in [0.5, 0.6) is 0 Å². The van der Waals surface area contributed by atoms with Crippen molar-refractivity contribution in [3.8, 4) is 0 Å². The van der Waals surface area contributed by atoms with Crippen molar-refractivity contribution in [2.45, 2.75) is 12.8 Å². The van der Waals surface area contributed by atoms with Gasteiger partial charge in [-0.05, 0) is 52.2 Å². The SMILES string of the molecule is CN(CC(=O)Nc1ccccc1Br)C(=O)CCc1ccc(Cl)cc1Cl. The number of rotatable bonds is 6. The molecule has 0 aliphatic rings. The summed E-state index contributed by atoms with van der Waals surface area (Å²) in [5.74, 6) is -0.388. The molecule has 0 saturated heterocycles. The lowest BCUT2D eigenvalue weighted by Crippen LogP contribution is -2.35. The van der Waals surface area contributed by atoms with E-state index in [4.69, 9.17) is 23.2 Å². The molecule has 2 amide bonds. The van der Waals surface area contributed by atoms with Gasteiger partial charge in [0.1, 0.15) is 0 Å². The number of hydrogen-bond acceptors (Lipinski definition) is 2. The minimum atomic E-state index is -0.257. The van der Waals surface area contributed by atoms with Gasteiger partial charge in [0.05, 0.1) is 12.2 Å². The number of nitrogens with one attached hydrogen (secondary N) is 1. The molecule has 0 radical (unpaired) electrons. The molecule has 4 nitrogen and oxygen atoms in total. The maximum Gasteiger partial charge on any atom is 0.244 e. The second-order valence-electron chi connectivity index (χ2n) is 5.51. The first-order chi connectivity index (χ1) is 11.9. The third-order valence-electron chi connectivity index (χ3n) is 3.58. The van der Waals surface area contributed by atoms with E-state index >= 15 is 0 Å². The van der Waals surface area contributed by atoms with E-state index in [2.05, 4.69) is 21.2 Å². The molecule has 25 heavy (non-hydrogen) atoms. The van der Waals surface area contributed by atoms with Crippen LogP contribution in [0.1, 0.15) is 12.0 Å². The van der Waals surface area contributed by atoms with Crippen LogP contribution in [-0.4, -0.2) is 30.3 Å². The number of para-hydroxylation sites is 1. The number of aryl methyl sites for hydroxylation is 1. The van der Waals surface area contributed by atoms with Crippen LogP contribution in [0.25, 0.3) is 0 Å². The zero-order chi connectivity index (χ0) is 18.4. The number of amides is 2. The predicted octanol–water partition coefficient (Wildman–Crippen LogP) is 4.79. The number of likely N-dealkylation sites (N-methyl/N-ethyl adjacent to an activating group) is 1. The second-order valence-corrected chi connectivity index (χ2v) is 7.21. The maximum absolute atomic E-state index is 12.2. The highest BCUT2D eigenvalue weighted by molar-refractivity contribution is 9.10. The Bertz CT molecular complexity index is 783. The highest BCUT2D eigenvalue weighted by Gasteiger charge is 2.14. The Morgan fingerprint density at radius 1 is 1.16 bits per heavy atom. The smallest absolute Gasteiger partial charge is 0.244 e. The van der Waals surface area contributed by atoms with E-state index in [0.29, 0.717) is 22.2 Å². The van der Waals surface area contributed by atoms with Crippen molar-refractivity contribution in [2.24, 2.45) is 0 Å². The van der Waals surface area contributed by atoms with Gasteiger partial charge < -0.3 is 10.2 Å². The van der Waals surface area contributed by atoms with Gasteiger partial charge in [0.2, 0.25) is 11.8 Å². The average Bonchev–Trinajstić information content (AvgIpc) is 2.55. The number of benzene rings is 2. The minimum absolute atomic E-state index is 0.0193. The molecular formula is C18H17BrCl2N2O2. The van der Waals surface area contributed by atoms with Crippen molar-refractivity contribution in [3.05, 3.63) is 62.5 Å². The Hall–Kier alpha value is -1.56. The molecule has 0 aliphatic heterocycles. The molecule has 132 valence electrons. The fraction of sp³-hybridized carbons (Fsp3) is 0.222. The summed E-state index contributed by atoms with van der Waals surface area (Å²) in [6, 6.07) is 12.5. The topological polar surface area (TPSA) is 49.4 Å². The molecule has 0 spiro atoms. The first kappa shape index (κ1) is 19.8. The highest BCUT2D eigenvalue weighted by Crippen LogP contribution is 2.22. The van der Waals surface area contributed by atoms with Gasteiger partial charge in [-0.15, -0.1) is 0 Å². The van der Waals surface area contributed by atoms with E-state index in [1.54, 1.807) is 31.3 Å². The van der Waals surface area contributed by atoms with Crippen molar-refractivity contribution < 1.29 is 9.59 Å². The van der Waals surface area contributed by atoms with Gasteiger partial charge in [0.25, 0.3) is 0 Å². The maximum atomic E-state index is 12.2. The zero-order valence-electron chi connectivity index (χ0n) is 13.6. The van der Waals surface area contributed by atoms with Crippen molar-refractivity contribution in [2.75, 3.05) is 18.9 Å². The van der Waals surface area contributed by atoms with Crippen LogP contribution in [-0.2, 0) is 16.0 Å². The van der Waals surface area contributed by atoms with Gasteiger partial charge in [-0.3, -0.25) is 9.59 Å². The summed E-state index contributed by atoms with van der Waals surface area (Å²) in [6.07, 6.45) is 0.755. The summed E-state index contributed by atoms with van der Waals surface area (Å²) >= 11 is 15.3. The summed E-state index contributed by atoms with van der Waals surface area (Å²) in [4.78, 5) is 25.7. The van der Waals surface area contributed by atoms with Crippen LogP contribution in [0, 0.1) is 0 Å². The minimum Gasteiger partial charge on any atom is -0.336 e. The Morgan fingerprint density at radius 3 is 2.56 bits per heavy atom. The van der Waals surface area contributed by atoms with Gasteiger partial charge in [-0.25, -0.2) is 0 Å². The second kappa shape index (κ2) is 9.22. The Labute approximate surface area is 165 Å². The molecule has 2 aromatic rings. The molecule has 0 bridgehead atoms. The summed E-state index contributed by atoms with van der Waals surface area (Å²) in [6.45, 7) is -0.0193. The lowest BCUT2D eigenvalue weighted by molar-refractivity contribution is -0.133. The predicted molar refractivity (Wildman–Crippen MR) is 105 cm³/mol. The molecule has 7 heteroatoms.